The van der Waals surface area contributed by atoms with Crippen molar-refractivity contribution in [1.82, 2.24) is 0 Å². The molecule has 0 saturated heterocycles. The van der Waals surface area contributed by atoms with Gasteiger partial charge in [0.25, 0.3) is 0 Å². The molecule has 25 heavy (non-hydrogen) atoms. The Labute approximate surface area is 240 Å². The number of rotatable bonds is 5. The summed E-state index contributed by atoms with van der Waals surface area (Å²) in [6, 6.07) is 0. The van der Waals surface area contributed by atoms with Gasteiger partial charge in [0.2, 0.25) is 0 Å². The monoisotopic (exact) mass is 1320 g/mol. The molecule has 0 aromatic carbocycles. The fourth-order valence-electron chi connectivity index (χ4n) is 0. The van der Waals surface area contributed by atoms with Crippen molar-refractivity contribution in [3.63, 3.8) is 0 Å². The summed E-state index contributed by atoms with van der Waals surface area (Å²) >= 11 is 3.54. The summed E-state index contributed by atoms with van der Waals surface area (Å²) in [6.45, 7) is 20.4. The molecule has 0 saturated carbocycles. The van der Waals surface area contributed by atoms with E-state index < -0.39 is 0 Å². The molecule has 0 aliphatic rings. The van der Waals surface area contributed by atoms with Gasteiger partial charge >= 0.3 is 244 Å². The quantitative estimate of drug-likeness (QED) is 0.397. The molecule has 0 N–H and O–H groups in total. The van der Waals surface area contributed by atoms with Crippen LogP contribution in [0, 0.1) is 0 Å². The zero-order valence-electron chi connectivity index (χ0n) is 17.8. The van der Waals surface area contributed by atoms with E-state index >= 15 is 0 Å². The van der Waals surface area contributed by atoms with E-state index in [1.165, 1.54) is 0 Å². The minimum atomic E-state index is 0.458. The van der Waals surface area contributed by atoms with Gasteiger partial charge in [-0.1, -0.05) is 0 Å². The summed E-state index contributed by atoms with van der Waals surface area (Å²) < 4.78 is 24.6. The molecule has 0 aliphatic carbocycles. The normalized spacial score (nSPS) is 9.20. The van der Waals surface area contributed by atoms with Crippen LogP contribution < -0.4 is 0 Å². The third-order valence-corrected chi connectivity index (χ3v) is 11.9. The van der Waals surface area contributed by atoms with E-state index in [1.54, 1.807) is 0 Å². The van der Waals surface area contributed by atoms with Crippen LogP contribution in [0.2, 0.25) is 0 Å². The first-order chi connectivity index (χ1) is 11.4. The van der Waals surface area contributed by atoms with E-state index in [9.17, 15) is 0 Å². The van der Waals surface area contributed by atoms with Crippen LogP contribution in [-0.2, 0) is 13.4 Å². The van der Waals surface area contributed by atoms with Crippen molar-refractivity contribution in [3.05, 3.63) is 0 Å². The average Bonchev–Trinajstić information content (AvgIpc) is 2.56. The van der Waals surface area contributed by atoms with Crippen molar-refractivity contribution in [2.45, 2.75) is 99.8 Å². The third-order valence-electron chi connectivity index (χ3n) is 1.36. The van der Waals surface area contributed by atoms with Gasteiger partial charge in [0.1, 0.15) is 0 Å². The molecular formula is C15H35O5Tl5. The molecule has 0 unspecified atom stereocenters. The van der Waals surface area contributed by atoms with Gasteiger partial charge < -0.3 is 0 Å². The summed E-state index contributed by atoms with van der Waals surface area (Å²) in [4.78, 5) is 0. The second-order valence-corrected chi connectivity index (χ2v) is 11.2. The van der Waals surface area contributed by atoms with Gasteiger partial charge in [-0.15, -0.1) is 0 Å². The van der Waals surface area contributed by atoms with Crippen LogP contribution in [0.1, 0.15) is 69.2 Å². The third kappa shape index (κ3) is 95.4. The standard InChI is InChI=1S/5C3H7O.5Tl/c5*1-3(2)4;;;;;/h5*3H,1-2H3;;;;;/q5*-1;5*+1. The predicted octanol–water partition coefficient (Wildman–Crippen LogP) is 2.47. The molecule has 0 aromatic heterocycles. The molecule has 0 rings (SSSR count). The van der Waals surface area contributed by atoms with Crippen LogP contribution in [0.4, 0.5) is 0 Å². The molecule has 0 radical (unpaired) electrons. The molecule has 0 fully saturated rings. The molecule has 0 aliphatic heterocycles. The van der Waals surface area contributed by atoms with Crippen molar-refractivity contribution >= 4 is 131 Å². The first-order valence-corrected chi connectivity index (χ1v) is 17.3. The molecule has 0 aromatic rings. The Kier molecular flexibility index (Phi) is 57.1. The van der Waals surface area contributed by atoms with E-state index in [0.717, 1.165) is 0 Å². The molecule has 10 heteroatoms. The summed E-state index contributed by atoms with van der Waals surface area (Å²) in [6.07, 6.45) is 2.29. The maximum atomic E-state index is 4.92. The molecule has 0 amide bonds. The zero-order chi connectivity index (χ0) is 21.4. The van der Waals surface area contributed by atoms with Gasteiger partial charge in [-0.2, -0.15) is 0 Å². The summed E-state index contributed by atoms with van der Waals surface area (Å²) in [5, 5.41) is 0. The van der Waals surface area contributed by atoms with Crippen LogP contribution in [0.5, 0.6) is 0 Å². The van der Waals surface area contributed by atoms with Crippen molar-refractivity contribution in [3.8, 4) is 0 Å². The Hall–Kier alpha value is 4.41. The Morgan fingerprint density at radius 3 is 0.360 bits per heavy atom. The fraction of sp³-hybridized carbons (Fsp3) is 1.00. The van der Waals surface area contributed by atoms with Crippen molar-refractivity contribution in [1.29, 1.82) is 0 Å². The van der Waals surface area contributed by atoms with E-state index in [2.05, 4.69) is 0 Å². The van der Waals surface area contributed by atoms with Crippen molar-refractivity contribution < 1.29 is 13.4 Å². The predicted molar refractivity (Wildman–Crippen MR) is 110 cm³/mol. The molecule has 0 heterocycles. The maximum absolute atomic E-state index is 4.92. The van der Waals surface area contributed by atoms with E-state index in [0.29, 0.717) is 162 Å². The van der Waals surface area contributed by atoms with Gasteiger partial charge in [-0.05, 0) is 0 Å². The molecule has 5 nitrogen and oxygen atoms in total. The Morgan fingerprint density at radius 1 is 0.320 bits per heavy atom. The van der Waals surface area contributed by atoms with Crippen molar-refractivity contribution in [2.24, 2.45) is 0 Å². The number of hydrogen-bond donors (Lipinski definition) is 0. The van der Waals surface area contributed by atoms with Gasteiger partial charge in [0, 0.05) is 0 Å². The van der Waals surface area contributed by atoms with Crippen molar-refractivity contribution in [2.75, 3.05) is 0 Å². The van der Waals surface area contributed by atoms with E-state index in [-0.39, 0.29) is 0 Å². The van der Waals surface area contributed by atoms with E-state index in [4.69, 9.17) is 13.4 Å². The van der Waals surface area contributed by atoms with Crippen LogP contribution in [-0.4, -0.2) is 162 Å². The zero-order valence-corrected chi connectivity index (χ0v) is 40.3. The van der Waals surface area contributed by atoms with Crippen LogP contribution in [0.25, 0.3) is 0 Å². The van der Waals surface area contributed by atoms with Gasteiger partial charge in [-0.3, -0.25) is 0 Å². The molecule has 140 valence electrons. The Morgan fingerprint density at radius 2 is 0.360 bits per heavy atom. The molecule has 0 atom stereocenters. The second kappa shape index (κ2) is 35.8. The first kappa shape index (κ1) is 39.8. The van der Waals surface area contributed by atoms with Gasteiger partial charge in [0.15, 0.2) is 0 Å². The van der Waals surface area contributed by atoms with Gasteiger partial charge in [0.05, 0.1) is 0 Å². The molecular weight excluding hydrogens is 1280 g/mol. The first-order valence-electron chi connectivity index (χ1n) is 8.13. The topological polar surface area (TPSA) is 46.2 Å². The van der Waals surface area contributed by atoms with Crippen LogP contribution >= 0.6 is 0 Å². The number of hydrogen-bond acceptors (Lipinski definition) is 5. The van der Waals surface area contributed by atoms with E-state index in [1.807, 2.05) is 69.2 Å². The Balaban J connectivity index is -0.0000000667. The molecule has 0 bridgehead atoms. The molecule has 0 spiro atoms. The summed E-state index contributed by atoms with van der Waals surface area (Å²) in [7, 11) is 0. The fourth-order valence-corrected chi connectivity index (χ4v) is 0. The average molecular weight is 1320 g/mol. The minimum absolute atomic E-state index is 0.458. The second-order valence-electron chi connectivity index (χ2n) is 5.92. The summed E-state index contributed by atoms with van der Waals surface area (Å²) in [5.74, 6) is 0. The SMILES string of the molecule is CC(C)[O][Tl].CC(C)[O][Tl].CC(C)[O][Tl].CC(C)[O][Tl].CC(C)[O][Tl]. The Bertz CT molecular complexity index is 151. The van der Waals surface area contributed by atoms with Gasteiger partial charge in [-0.25, -0.2) is 0 Å². The van der Waals surface area contributed by atoms with Crippen LogP contribution in [0.15, 0.2) is 0 Å². The van der Waals surface area contributed by atoms with Crippen LogP contribution in [0.3, 0.4) is 0 Å². The summed E-state index contributed by atoms with van der Waals surface area (Å²) in [5.41, 5.74) is 0.